The molecule has 0 unspecified atom stereocenters. The van der Waals surface area contributed by atoms with E-state index >= 15 is 0 Å². The lowest BCUT2D eigenvalue weighted by atomic mass is 9.98. The highest BCUT2D eigenvalue weighted by Crippen LogP contribution is 2.44. The number of amides is 2. The summed E-state index contributed by atoms with van der Waals surface area (Å²) in [5.74, 6) is -1.32. The van der Waals surface area contributed by atoms with E-state index in [0.717, 1.165) is 22.3 Å². The highest BCUT2D eigenvalue weighted by Gasteiger charge is 2.30. The van der Waals surface area contributed by atoms with E-state index in [4.69, 9.17) is 9.47 Å². The predicted molar refractivity (Wildman–Crippen MR) is 145 cm³/mol. The van der Waals surface area contributed by atoms with E-state index in [1.54, 1.807) is 20.8 Å². The molecule has 5 rings (SSSR count). The second-order valence-corrected chi connectivity index (χ2v) is 10.3. The molecule has 0 radical (unpaired) electrons. The van der Waals surface area contributed by atoms with Crippen molar-refractivity contribution in [1.29, 1.82) is 0 Å². The van der Waals surface area contributed by atoms with Gasteiger partial charge in [-0.1, -0.05) is 48.5 Å². The molecule has 2 aromatic carbocycles. The molecule has 3 N–H and O–H groups in total. The number of carboxylic acids is 1. The van der Waals surface area contributed by atoms with Crippen LogP contribution < -0.4 is 10.6 Å². The van der Waals surface area contributed by atoms with Gasteiger partial charge in [-0.2, -0.15) is 0 Å². The van der Waals surface area contributed by atoms with E-state index < -0.39 is 29.8 Å². The number of aromatic nitrogens is 4. The van der Waals surface area contributed by atoms with Crippen LogP contribution >= 0.6 is 0 Å². The average Bonchev–Trinajstić information content (AvgIpc) is 3.45. The molecule has 0 fully saturated rings. The van der Waals surface area contributed by atoms with Gasteiger partial charge in [0.25, 0.3) is 0 Å². The van der Waals surface area contributed by atoms with Gasteiger partial charge in [0.15, 0.2) is 17.0 Å². The maximum Gasteiger partial charge on any atom is 0.413 e. The molecule has 2 aromatic heterocycles. The summed E-state index contributed by atoms with van der Waals surface area (Å²) in [7, 11) is 0. The lowest BCUT2D eigenvalue weighted by Gasteiger charge is -2.19. The molecule has 40 heavy (non-hydrogen) atoms. The Morgan fingerprint density at radius 2 is 1.62 bits per heavy atom. The van der Waals surface area contributed by atoms with Crippen LogP contribution in [0.15, 0.2) is 61.2 Å². The van der Waals surface area contributed by atoms with Crippen molar-refractivity contribution in [3.05, 3.63) is 72.3 Å². The van der Waals surface area contributed by atoms with Gasteiger partial charge in [-0.3, -0.25) is 5.32 Å². The number of carboxylic acid groups (broad SMARTS) is 1. The minimum Gasteiger partial charge on any atom is -0.480 e. The molecular formula is C28H28N6O6. The molecular weight excluding hydrogens is 516 g/mol. The van der Waals surface area contributed by atoms with Crippen molar-refractivity contribution in [1.82, 2.24) is 24.8 Å². The molecule has 0 spiro atoms. The predicted octanol–water partition coefficient (Wildman–Crippen LogP) is 4.17. The third kappa shape index (κ3) is 5.55. The van der Waals surface area contributed by atoms with Crippen LogP contribution in [0, 0.1) is 0 Å². The van der Waals surface area contributed by atoms with Gasteiger partial charge < -0.3 is 24.5 Å². The monoisotopic (exact) mass is 544 g/mol. The first-order valence-electron chi connectivity index (χ1n) is 12.6. The molecule has 2 heterocycles. The molecule has 206 valence electrons. The van der Waals surface area contributed by atoms with Gasteiger partial charge in [-0.05, 0) is 43.0 Å². The number of hydrogen-bond acceptors (Lipinski definition) is 8. The molecule has 12 heteroatoms. The van der Waals surface area contributed by atoms with Crippen LogP contribution in [0.25, 0.3) is 22.3 Å². The molecule has 2 amide bonds. The quantitative estimate of drug-likeness (QED) is 0.311. The van der Waals surface area contributed by atoms with Crippen LogP contribution in [0.2, 0.25) is 0 Å². The Morgan fingerprint density at radius 3 is 2.25 bits per heavy atom. The third-order valence-corrected chi connectivity index (χ3v) is 6.33. The van der Waals surface area contributed by atoms with Crippen molar-refractivity contribution in [2.24, 2.45) is 0 Å². The zero-order valence-electron chi connectivity index (χ0n) is 22.1. The fourth-order valence-electron chi connectivity index (χ4n) is 4.67. The summed E-state index contributed by atoms with van der Waals surface area (Å²) in [6, 6.07) is 14.5. The number of alkyl carbamates (subject to hydrolysis) is 1. The highest BCUT2D eigenvalue weighted by atomic mass is 16.6. The molecule has 1 atom stereocenters. The summed E-state index contributed by atoms with van der Waals surface area (Å²) in [6.45, 7) is 5.04. The number of benzene rings is 2. The maximum absolute atomic E-state index is 12.7. The van der Waals surface area contributed by atoms with E-state index in [1.165, 1.54) is 17.2 Å². The minimum atomic E-state index is -1.34. The molecule has 4 aromatic rings. The van der Waals surface area contributed by atoms with E-state index in [0.29, 0.717) is 0 Å². The van der Waals surface area contributed by atoms with Crippen molar-refractivity contribution in [2.45, 2.75) is 44.9 Å². The SMILES string of the molecule is CC(C)(C)OC(=O)Nc1ncnc2c1ncn2C[C@@H](NC(=O)OCC1c2ccccc2-c2ccccc21)C(=O)O. The van der Waals surface area contributed by atoms with E-state index in [2.05, 4.69) is 25.6 Å². The zero-order chi connectivity index (χ0) is 28.4. The Bertz CT molecular complexity index is 1550. The Morgan fingerprint density at radius 1 is 0.975 bits per heavy atom. The smallest absolute Gasteiger partial charge is 0.413 e. The van der Waals surface area contributed by atoms with Crippen LogP contribution in [0.4, 0.5) is 15.4 Å². The van der Waals surface area contributed by atoms with Crippen molar-refractivity contribution in [2.75, 3.05) is 11.9 Å². The van der Waals surface area contributed by atoms with Crippen LogP contribution in [-0.4, -0.2) is 61.0 Å². The minimum absolute atomic E-state index is 0.0487. The molecule has 1 aliphatic rings. The first kappa shape index (κ1) is 26.6. The van der Waals surface area contributed by atoms with Crippen LogP contribution in [-0.2, 0) is 20.8 Å². The van der Waals surface area contributed by atoms with Gasteiger partial charge in [-0.25, -0.2) is 29.3 Å². The van der Waals surface area contributed by atoms with Crippen molar-refractivity contribution in [3.63, 3.8) is 0 Å². The number of imidazole rings is 1. The molecule has 0 bridgehead atoms. The Hall–Kier alpha value is -5.00. The molecule has 0 aliphatic heterocycles. The van der Waals surface area contributed by atoms with Crippen LogP contribution in [0.1, 0.15) is 37.8 Å². The van der Waals surface area contributed by atoms with Crippen LogP contribution in [0.3, 0.4) is 0 Å². The molecule has 0 saturated heterocycles. The summed E-state index contributed by atoms with van der Waals surface area (Å²) in [5.41, 5.74) is 4.06. The first-order valence-corrected chi connectivity index (χ1v) is 12.6. The lowest BCUT2D eigenvalue weighted by Crippen LogP contribution is -2.44. The number of nitrogens with zero attached hydrogens (tertiary/aromatic N) is 4. The number of aliphatic carboxylic acids is 1. The summed E-state index contributed by atoms with van der Waals surface area (Å²) in [5, 5.41) is 14.8. The zero-order valence-corrected chi connectivity index (χ0v) is 22.1. The fraction of sp³-hybridized carbons (Fsp3) is 0.286. The van der Waals surface area contributed by atoms with Gasteiger partial charge in [0.1, 0.15) is 24.6 Å². The van der Waals surface area contributed by atoms with Crippen molar-refractivity contribution >= 4 is 35.1 Å². The number of anilines is 1. The van der Waals surface area contributed by atoms with Gasteiger partial charge >= 0.3 is 18.2 Å². The number of nitrogens with one attached hydrogen (secondary N) is 2. The molecule has 1 aliphatic carbocycles. The topological polar surface area (TPSA) is 158 Å². The largest absolute Gasteiger partial charge is 0.480 e. The summed E-state index contributed by atoms with van der Waals surface area (Å²) in [6.07, 6.45) is 0.986. The van der Waals surface area contributed by atoms with Gasteiger partial charge in [0.2, 0.25) is 0 Å². The first-order chi connectivity index (χ1) is 19.1. The number of carbonyl (C=O) groups excluding carboxylic acids is 2. The Labute approximate surface area is 229 Å². The van der Waals surface area contributed by atoms with Crippen molar-refractivity contribution < 1.29 is 29.0 Å². The van der Waals surface area contributed by atoms with E-state index in [-0.39, 0.29) is 36.1 Å². The normalized spacial score (nSPS) is 13.3. The number of rotatable bonds is 7. The lowest BCUT2D eigenvalue weighted by molar-refractivity contribution is -0.139. The Balaban J connectivity index is 1.26. The van der Waals surface area contributed by atoms with Gasteiger partial charge in [-0.15, -0.1) is 0 Å². The third-order valence-electron chi connectivity index (χ3n) is 6.33. The maximum atomic E-state index is 12.7. The van der Waals surface area contributed by atoms with Crippen molar-refractivity contribution in [3.8, 4) is 11.1 Å². The number of hydrogen-bond donors (Lipinski definition) is 3. The average molecular weight is 545 g/mol. The van der Waals surface area contributed by atoms with Gasteiger partial charge in [0.05, 0.1) is 12.9 Å². The standard InChI is InChI=1S/C28H28N6O6/c1-28(2,3)40-27(38)33-23-22-24(30-14-29-23)34(15-31-22)12-21(25(35)36)32-26(37)39-13-20-18-10-6-4-8-16(18)17-9-5-7-11-19(17)20/h4-11,14-15,20-21H,12-13H2,1-3H3,(H,32,37)(H,35,36)(H,29,30,33,38)/t21-/m1/s1. The summed E-state index contributed by atoms with van der Waals surface area (Å²) in [4.78, 5) is 49.4. The number of ether oxygens (including phenoxy) is 2. The Kier molecular flexibility index (Phi) is 7.07. The van der Waals surface area contributed by atoms with Crippen LogP contribution in [0.5, 0.6) is 0 Å². The summed E-state index contributed by atoms with van der Waals surface area (Å²) >= 11 is 0. The molecule has 0 saturated carbocycles. The molecule has 12 nitrogen and oxygen atoms in total. The second kappa shape index (κ2) is 10.6. The number of fused-ring (bicyclic) bond motifs is 4. The number of carbonyl (C=O) groups is 3. The highest BCUT2D eigenvalue weighted by molar-refractivity contribution is 5.93. The van der Waals surface area contributed by atoms with Gasteiger partial charge in [0, 0.05) is 5.92 Å². The fourth-order valence-corrected chi connectivity index (χ4v) is 4.67. The second-order valence-electron chi connectivity index (χ2n) is 10.3. The van der Waals surface area contributed by atoms with E-state index in [9.17, 15) is 19.5 Å². The van der Waals surface area contributed by atoms with E-state index in [1.807, 2.05) is 48.5 Å². The summed E-state index contributed by atoms with van der Waals surface area (Å²) < 4.78 is 12.2.